The Morgan fingerprint density at radius 2 is 2.00 bits per heavy atom. The quantitative estimate of drug-likeness (QED) is 0.675. The Balaban J connectivity index is 2.21. The van der Waals surface area contributed by atoms with Gasteiger partial charge in [-0.15, -0.1) is 0 Å². The Morgan fingerprint density at radius 3 is 2.65 bits per heavy atom. The first-order valence-electron chi connectivity index (χ1n) is 5.96. The number of hydrogen-bond acceptors (Lipinski definition) is 4. The van der Waals surface area contributed by atoms with Crippen molar-refractivity contribution >= 4 is 44.1 Å². The van der Waals surface area contributed by atoms with E-state index >= 15 is 0 Å². The Bertz CT molecular complexity index is 667. The molecule has 2 aromatic rings. The van der Waals surface area contributed by atoms with Gasteiger partial charge < -0.3 is 0 Å². The van der Waals surface area contributed by atoms with Crippen molar-refractivity contribution in [3.05, 3.63) is 46.0 Å². The Morgan fingerprint density at radius 1 is 1.30 bits per heavy atom. The number of ketones is 1. The average Bonchev–Trinajstić information content (AvgIpc) is 2.79. The van der Waals surface area contributed by atoms with Crippen molar-refractivity contribution in [3.63, 3.8) is 0 Å². The van der Waals surface area contributed by atoms with Crippen LogP contribution in [0.15, 0.2) is 24.3 Å². The first-order valence-corrected chi connectivity index (χ1v) is 7.90. The number of aromatic nitrogens is 1. The van der Waals surface area contributed by atoms with Crippen LogP contribution in [0, 0.1) is 13.8 Å². The van der Waals surface area contributed by atoms with Gasteiger partial charge in [-0.25, -0.2) is 4.98 Å². The normalized spacial score (nSPS) is 10.3. The summed E-state index contributed by atoms with van der Waals surface area (Å²) in [5, 5.41) is 3.44. The number of hydrogen-bond donors (Lipinski definition) is 1. The van der Waals surface area contributed by atoms with Crippen molar-refractivity contribution in [2.75, 3.05) is 10.6 Å². The molecule has 0 saturated carbocycles. The fourth-order valence-electron chi connectivity index (χ4n) is 1.76. The van der Waals surface area contributed by atoms with Crippen LogP contribution in [0.3, 0.4) is 0 Å². The van der Waals surface area contributed by atoms with Crippen LogP contribution >= 0.6 is 27.3 Å². The van der Waals surface area contributed by atoms with Crippen LogP contribution in [-0.4, -0.2) is 22.0 Å². The summed E-state index contributed by atoms with van der Waals surface area (Å²) >= 11 is 4.33. The van der Waals surface area contributed by atoms with Crippen molar-refractivity contribution in [1.82, 2.24) is 4.98 Å². The molecule has 1 aromatic carbocycles. The lowest BCUT2D eigenvalue weighted by molar-refractivity contribution is 0.101. The van der Waals surface area contributed by atoms with Crippen LogP contribution in [-0.2, 0) is 0 Å². The summed E-state index contributed by atoms with van der Waals surface area (Å²) in [4.78, 5) is 28.6. The molecule has 0 spiro atoms. The van der Waals surface area contributed by atoms with Crippen LogP contribution in [0.2, 0.25) is 0 Å². The maximum absolute atomic E-state index is 12.2. The van der Waals surface area contributed by atoms with E-state index in [1.807, 2.05) is 25.1 Å². The minimum Gasteiger partial charge on any atom is -0.298 e. The number of alkyl halides is 1. The fraction of sp³-hybridized carbons (Fsp3) is 0.214. The van der Waals surface area contributed by atoms with Gasteiger partial charge in [-0.2, -0.15) is 0 Å². The van der Waals surface area contributed by atoms with Gasteiger partial charge in [0, 0.05) is 5.56 Å². The topological polar surface area (TPSA) is 59.1 Å². The molecule has 2 rings (SSSR count). The number of nitrogens with one attached hydrogen (secondary N) is 1. The van der Waals surface area contributed by atoms with Crippen LogP contribution in [0.1, 0.15) is 31.3 Å². The van der Waals surface area contributed by atoms with Crippen LogP contribution in [0.25, 0.3) is 0 Å². The molecule has 1 amide bonds. The molecule has 0 unspecified atom stereocenters. The standard InChI is InChI=1S/C14H13BrN2O2S/c1-8-5-3-4-6-10(8)13(19)17-14-16-9(2)12(20-14)11(18)7-15/h3-6H,7H2,1-2H3,(H,16,17,19). The maximum atomic E-state index is 12.2. The summed E-state index contributed by atoms with van der Waals surface area (Å²) in [7, 11) is 0. The van der Waals surface area contributed by atoms with E-state index in [-0.39, 0.29) is 17.0 Å². The Hall–Kier alpha value is -1.53. The Kier molecular flexibility index (Phi) is 4.67. The highest BCUT2D eigenvalue weighted by atomic mass is 79.9. The third-order valence-electron chi connectivity index (χ3n) is 2.78. The zero-order valence-electron chi connectivity index (χ0n) is 11.1. The number of thiazole rings is 1. The summed E-state index contributed by atoms with van der Waals surface area (Å²) in [6.07, 6.45) is 0. The highest BCUT2D eigenvalue weighted by Crippen LogP contribution is 2.24. The second-order valence-electron chi connectivity index (χ2n) is 4.26. The molecule has 104 valence electrons. The van der Waals surface area contributed by atoms with E-state index in [0.717, 1.165) is 5.56 Å². The average molecular weight is 353 g/mol. The molecule has 0 fully saturated rings. The van der Waals surface area contributed by atoms with Gasteiger partial charge in [-0.3, -0.25) is 14.9 Å². The van der Waals surface area contributed by atoms with Gasteiger partial charge in [0.25, 0.3) is 5.91 Å². The summed E-state index contributed by atoms with van der Waals surface area (Å²) in [6, 6.07) is 7.33. The minimum atomic E-state index is -0.213. The number of benzene rings is 1. The molecule has 0 atom stereocenters. The van der Waals surface area contributed by atoms with E-state index in [4.69, 9.17) is 0 Å². The number of aryl methyl sites for hydroxylation is 2. The molecule has 1 heterocycles. The number of anilines is 1. The van der Waals surface area contributed by atoms with Gasteiger partial charge in [0.1, 0.15) is 0 Å². The van der Waals surface area contributed by atoms with E-state index in [0.29, 0.717) is 21.3 Å². The lowest BCUT2D eigenvalue weighted by Crippen LogP contribution is -2.12. The number of nitrogens with zero attached hydrogens (tertiary/aromatic N) is 1. The molecule has 1 aromatic heterocycles. The first-order chi connectivity index (χ1) is 9.52. The summed E-state index contributed by atoms with van der Waals surface area (Å²) < 4.78 is 0. The lowest BCUT2D eigenvalue weighted by Gasteiger charge is -2.04. The van der Waals surface area contributed by atoms with Crippen molar-refractivity contribution in [1.29, 1.82) is 0 Å². The van der Waals surface area contributed by atoms with Gasteiger partial charge in [0.05, 0.1) is 15.9 Å². The van der Waals surface area contributed by atoms with Crippen molar-refractivity contribution in [3.8, 4) is 0 Å². The van der Waals surface area contributed by atoms with E-state index in [9.17, 15) is 9.59 Å². The van der Waals surface area contributed by atoms with E-state index in [1.54, 1.807) is 13.0 Å². The van der Waals surface area contributed by atoms with Gasteiger partial charge >= 0.3 is 0 Å². The number of amides is 1. The fourth-order valence-corrected chi connectivity index (χ4v) is 3.13. The van der Waals surface area contributed by atoms with Crippen molar-refractivity contribution in [2.24, 2.45) is 0 Å². The minimum absolute atomic E-state index is 0.0311. The zero-order valence-corrected chi connectivity index (χ0v) is 13.5. The molecule has 0 saturated heterocycles. The second kappa shape index (κ2) is 6.28. The molecule has 4 nitrogen and oxygen atoms in total. The third-order valence-corrected chi connectivity index (χ3v) is 4.40. The molecule has 0 aliphatic heterocycles. The molecular formula is C14H13BrN2O2S. The molecule has 6 heteroatoms. The van der Waals surface area contributed by atoms with Gasteiger partial charge in [-0.1, -0.05) is 45.5 Å². The number of carbonyl (C=O) groups is 2. The van der Waals surface area contributed by atoms with Crippen molar-refractivity contribution in [2.45, 2.75) is 13.8 Å². The lowest BCUT2D eigenvalue weighted by atomic mass is 10.1. The largest absolute Gasteiger partial charge is 0.298 e. The molecule has 0 aliphatic rings. The number of halogens is 1. The van der Waals surface area contributed by atoms with E-state index < -0.39 is 0 Å². The molecule has 20 heavy (non-hydrogen) atoms. The summed E-state index contributed by atoms with van der Waals surface area (Å²) in [6.45, 7) is 3.64. The highest BCUT2D eigenvalue weighted by molar-refractivity contribution is 9.09. The van der Waals surface area contributed by atoms with Gasteiger partial charge in [0.2, 0.25) is 0 Å². The Labute approximate surface area is 129 Å². The van der Waals surface area contributed by atoms with E-state index in [2.05, 4.69) is 26.2 Å². The number of carbonyl (C=O) groups excluding carboxylic acids is 2. The third kappa shape index (κ3) is 3.13. The predicted molar refractivity (Wildman–Crippen MR) is 84.1 cm³/mol. The monoisotopic (exact) mass is 352 g/mol. The van der Waals surface area contributed by atoms with E-state index in [1.165, 1.54) is 11.3 Å². The van der Waals surface area contributed by atoms with Crippen molar-refractivity contribution < 1.29 is 9.59 Å². The van der Waals surface area contributed by atoms with Crippen LogP contribution in [0.4, 0.5) is 5.13 Å². The number of Topliss-reactive ketones (excluding diaryl/α,β-unsaturated/α-hetero) is 1. The molecule has 1 N–H and O–H groups in total. The van der Waals surface area contributed by atoms with Crippen LogP contribution < -0.4 is 5.32 Å². The van der Waals surface area contributed by atoms with Gasteiger partial charge in [-0.05, 0) is 25.5 Å². The maximum Gasteiger partial charge on any atom is 0.257 e. The van der Waals surface area contributed by atoms with Crippen LogP contribution in [0.5, 0.6) is 0 Å². The molecule has 0 aliphatic carbocycles. The SMILES string of the molecule is Cc1ccccc1C(=O)Nc1nc(C)c(C(=O)CBr)s1. The van der Waals surface area contributed by atoms with Gasteiger partial charge in [0.15, 0.2) is 10.9 Å². The molecule has 0 radical (unpaired) electrons. The molecular weight excluding hydrogens is 340 g/mol. The summed E-state index contributed by atoms with van der Waals surface area (Å²) in [5.74, 6) is -0.244. The number of rotatable bonds is 4. The molecule has 0 bridgehead atoms. The first kappa shape index (κ1) is 14.9. The zero-order chi connectivity index (χ0) is 14.7. The highest BCUT2D eigenvalue weighted by Gasteiger charge is 2.16. The smallest absolute Gasteiger partial charge is 0.257 e. The second-order valence-corrected chi connectivity index (χ2v) is 5.82. The summed E-state index contributed by atoms with van der Waals surface area (Å²) in [5.41, 5.74) is 2.14. The predicted octanol–water partition coefficient (Wildman–Crippen LogP) is 3.59.